The molecule has 0 atom stereocenters. The Morgan fingerprint density at radius 3 is 3.12 bits per heavy atom. The number of hydrogen-bond acceptors (Lipinski definition) is 3. The zero-order valence-electron chi connectivity index (χ0n) is 9.71. The van der Waals surface area contributed by atoms with Gasteiger partial charge < -0.3 is 15.0 Å². The van der Waals surface area contributed by atoms with Crippen molar-refractivity contribution in [3.8, 4) is 5.88 Å². The van der Waals surface area contributed by atoms with Gasteiger partial charge in [0.05, 0.1) is 18.8 Å². The highest BCUT2D eigenvalue weighted by atomic mass is 16.5. The molecule has 0 bridgehead atoms. The lowest BCUT2D eigenvalue weighted by Crippen LogP contribution is -2.15. The first-order chi connectivity index (χ1) is 7.85. The molecule has 0 spiro atoms. The third-order valence-electron chi connectivity index (χ3n) is 2.66. The van der Waals surface area contributed by atoms with Gasteiger partial charge in [0.15, 0.2) is 0 Å². The lowest BCUT2D eigenvalue weighted by molar-refractivity contribution is 0.398. The number of pyridine rings is 1. The van der Waals surface area contributed by atoms with Crippen LogP contribution in [0.1, 0.15) is 12.5 Å². The van der Waals surface area contributed by atoms with Crippen LogP contribution >= 0.6 is 0 Å². The fourth-order valence-corrected chi connectivity index (χ4v) is 1.78. The van der Waals surface area contributed by atoms with Crippen molar-refractivity contribution >= 4 is 10.9 Å². The highest BCUT2D eigenvalue weighted by Crippen LogP contribution is 2.21. The molecule has 2 aromatic rings. The van der Waals surface area contributed by atoms with Crippen LogP contribution in [0, 0.1) is 0 Å². The van der Waals surface area contributed by atoms with E-state index in [2.05, 4.69) is 22.2 Å². The average molecular weight is 219 g/mol. The molecule has 0 aromatic carbocycles. The van der Waals surface area contributed by atoms with Crippen LogP contribution in [0.4, 0.5) is 0 Å². The number of fused-ring (bicyclic) bond motifs is 1. The van der Waals surface area contributed by atoms with Gasteiger partial charge in [0, 0.05) is 17.6 Å². The van der Waals surface area contributed by atoms with Gasteiger partial charge in [0.2, 0.25) is 5.88 Å². The molecule has 4 nitrogen and oxygen atoms in total. The van der Waals surface area contributed by atoms with Crippen molar-refractivity contribution in [3.05, 3.63) is 24.0 Å². The van der Waals surface area contributed by atoms with Crippen molar-refractivity contribution < 1.29 is 4.74 Å². The summed E-state index contributed by atoms with van der Waals surface area (Å²) in [7, 11) is 1.64. The van der Waals surface area contributed by atoms with Crippen LogP contribution in [-0.2, 0) is 6.42 Å². The van der Waals surface area contributed by atoms with E-state index in [9.17, 15) is 0 Å². The van der Waals surface area contributed by atoms with E-state index in [1.165, 1.54) is 10.9 Å². The van der Waals surface area contributed by atoms with Gasteiger partial charge in [-0.1, -0.05) is 6.92 Å². The molecule has 0 saturated carbocycles. The SMILES string of the molecule is CCNCCc1c[nH]c2cnc(OC)cc12. The van der Waals surface area contributed by atoms with Crippen molar-refractivity contribution in [2.75, 3.05) is 20.2 Å². The molecule has 0 amide bonds. The molecule has 0 unspecified atom stereocenters. The monoisotopic (exact) mass is 219 g/mol. The predicted molar refractivity (Wildman–Crippen MR) is 64.9 cm³/mol. The highest BCUT2D eigenvalue weighted by Gasteiger charge is 2.05. The zero-order chi connectivity index (χ0) is 11.4. The van der Waals surface area contributed by atoms with Crippen LogP contribution in [0.3, 0.4) is 0 Å². The van der Waals surface area contributed by atoms with E-state index >= 15 is 0 Å². The Bertz CT molecular complexity index is 464. The van der Waals surface area contributed by atoms with Crippen LogP contribution < -0.4 is 10.1 Å². The molecule has 0 aliphatic rings. The minimum Gasteiger partial charge on any atom is -0.481 e. The summed E-state index contributed by atoms with van der Waals surface area (Å²) in [6.07, 6.45) is 4.87. The van der Waals surface area contributed by atoms with Crippen molar-refractivity contribution in [2.45, 2.75) is 13.3 Å². The van der Waals surface area contributed by atoms with Crippen LogP contribution in [0.2, 0.25) is 0 Å². The number of nitrogens with zero attached hydrogens (tertiary/aromatic N) is 1. The maximum absolute atomic E-state index is 5.13. The first-order valence-corrected chi connectivity index (χ1v) is 5.56. The topological polar surface area (TPSA) is 49.9 Å². The standard InChI is InChI=1S/C12H17N3O/c1-3-13-5-4-9-7-14-11-8-15-12(16-2)6-10(9)11/h6-8,13-14H,3-5H2,1-2H3. The molecule has 0 radical (unpaired) electrons. The first-order valence-electron chi connectivity index (χ1n) is 5.56. The van der Waals surface area contributed by atoms with Gasteiger partial charge in [-0.15, -0.1) is 0 Å². The van der Waals surface area contributed by atoms with E-state index < -0.39 is 0 Å². The summed E-state index contributed by atoms with van der Waals surface area (Å²) in [5.74, 6) is 0.664. The molecule has 2 N–H and O–H groups in total. The number of ether oxygens (including phenoxy) is 1. The van der Waals surface area contributed by atoms with E-state index in [1.54, 1.807) is 7.11 Å². The van der Waals surface area contributed by atoms with Gasteiger partial charge in [0.1, 0.15) is 0 Å². The van der Waals surface area contributed by atoms with Gasteiger partial charge >= 0.3 is 0 Å². The van der Waals surface area contributed by atoms with E-state index in [0.717, 1.165) is 25.0 Å². The van der Waals surface area contributed by atoms with E-state index in [1.807, 2.05) is 18.5 Å². The molecular formula is C12H17N3O. The fraction of sp³-hybridized carbons (Fsp3) is 0.417. The van der Waals surface area contributed by atoms with Crippen LogP contribution in [0.15, 0.2) is 18.5 Å². The predicted octanol–water partition coefficient (Wildman–Crippen LogP) is 1.72. The molecule has 2 rings (SSSR count). The molecule has 4 heteroatoms. The Balaban J connectivity index is 2.24. The zero-order valence-corrected chi connectivity index (χ0v) is 9.71. The quantitative estimate of drug-likeness (QED) is 0.753. The van der Waals surface area contributed by atoms with Gasteiger partial charge in [-0.05, 0) is 25.1 Å². The van der Waals surface area contributed by atoms with E-state index in [-0.39, 0.29) is 0 Å². The summed E-state index contributed by atoms with van der Waals surface area (Å²) in [5, 5.41) is 4.52. The van der Waals surface area contributed by atoms with Gasteiger partial charge in [0.25, 0.3) is 0 Å². The third-order valence-corrected chi connectivity index (χ3v) is 2.66. The summed E-state index contributed by atoms with van der Waals surface area (Å²) in [6.45, 7) is 4.11. The average Bonchev–Trinajstić information content (AvgIpc) is 2.72. The molecule has 0 aliphatic heterocycles. The third kappa shape index (κ3) is 2.17. The van der Waals surface area contributed by atoms with Gasteiger partial charge in [-0.3, -0.25) is 0 Å². The summed E-state index contributed by atoms with van der Waals surface area (Å²) in [5.41, 5.74) is 2.36. The normalized spacial score (nSPS) is 10.9. The van der Waals surface area contributed by atoms with Gasteiger partial charge in [-0.25, -0.2) is 4.98 Å². The number of methoxy groups -OCH3 is 1. The number of H-pyrrole nitrogens is 1. The number of aromatic amines is 1. The van der Waals surface area contributed by atoms with Crippen molar-refractivity contribution in [3.63, 3.8) is 0 Å². The number of aromatic nitrogens is 2. The fourth-order valence-electron chi connectivity index (χ4n) is 1.78. The second-order valence-corrected chi connectivity index (χ2v) is 3.69. The maximum Gasteiger partial charge on any atom is 0.213 e. The molecule has 2 heterocycles. The van der Waals surface area contributed by atoms with Crippen molar-refractivity contribution in [1.29, 1.82) is 0 Å². The Kier molecular flexibility index (Phi) is 3.41. The Morgan fingerprint density at radius 1 is 1.50 bits per heavy atom. The second-order valence-electron chi connectivity index (χ2n) is 3.69. The van der Waals surface area contributed by atoms with E-state index in [0.29, 0.717) is 5.88 Å². The summed E-state index contributed by atoms with van der Waals surface area (Å²) < 4.78 is 5.13. The van der Waals surface area contributed by atoms with Crippen LogP contribution in [-0.4, -0.2) is 30.2 Å². The summed E-state index contributed by atoms with van der Waals surface area (Å²) >= 11 is 0. The van der Waals surface area contributed by atoms with Crippen molar-refractivity contribution in [2.24, 2.45) is 0 Å². The number of nitrogens with one attached hydrogen (secondary N) is 2. The number of hydrogen-bond donors (Lipinski definition) is 2. The minimum atomic E-state index is 0.664. The Morgan fingerprint density at radius 2 is 2.38 bits per heavy atom. The molecule has 0 fully saturated rings. The van der Waals surface area contributed by atoms with Gasteiger partial charge in [-0.2, -0.15) is 0 Å². The summed E-state index contributed by atoms with van der Waals surface area (Å²) in [6, 6.07) is 1.98. The Hall–Kier alpha value is -1.55. The van der Waals surface area contributed by atoms with E-state index in [4.69, 9.17) is 4.74 Å². The lowest BCUT2D eigenvalue weighted by atomic mass is 10.1. The molecule has 0 saturated heterocycles. The van der Waals surface area contributed by atoms with Crippen molar-refractivity contribution in [1.82, 2.24) is 15.3 Å². The first kappa shape index (κ1) is 11.0. The maximum atomic E-state index is 5.13. The molecule has 0 aliphatic carbocycles. The largest absolute Gasteiger partial charge is 0.481 e. The number of rotatable bonds is 5. The molecular weight excluding hydrogens is 202 g/mol. The minimum absolute atomic E-state index is 0.664. The second kappa shape index (κ2) is 4.99. The Labute approximate surface area is 95.0 Å². The molecule has 16 heavy (non-hydrogen) atoms. The van der Waals surface area contributed by atoms with Crippen LogP contribution in [0.5, 0.6) is 5.88 Å². The summed E-state index contributed by atoms with van der Waals surface area (Å²) in [4.78, 5) is 7.39. The number of likely N-dealkylation sites (N-methyl/N-ethyl adjacent to an activating group) is 1. The molecule has 86 valence electrons. The highest BCUT2D eigenvalue weighted by molar-refractivity contribution is 5.83. The smallest absolute Gasteiger partial charge is 0.213 e. The molecule has 2 aromatic heterocycles. The lowest BCUT2D eigenvalue weighted by Gasteiger charge is -2.02. The van der Waals surface area contributed by atoms with Crippen LogP contribution in [0.25, 0.3) is 10.9 Å².